The van der Waals surface area contributed by atoms with Gasteiger partial charge >= 0.3 is 0 Å². The molecule has 3 heterocycles. The molecular formula is C23H26N4O6S. The molecule has 0 radical (unpaired) electrons. The van der Waals surface area contributed by atoms with Gasteiger partial charge in [0.1, 0.15) is 34.1 Å². The van der Waals surface area contributed by atoms with Crippen LogP contribution in [0.4, 0.5) is 0 Å². The van der Waals surface area contributed by atoms with Crippen molar-refractivity contribution in [3.05, 3.63) is 54.6 Å². The van der Waals surface area contributed by atoms with E-state index in [1.165, 1.54) is 18.5 Å². The van der Waals surface area contributed by atoms with Crippen molar-refractivity contribution < 1.29 is 27.7 Å². The first-order chi connectivity index (χ1) is 16.2. The Morgan fingerprint density at radius 3 is 2.44 bits per heavy atom. The van der Waals surface area contributed by atoms with Crippen LogP contribution >= 0.6 is 10.6 Å². The Morgan fingerprint density at radius 1 is 1.03 bits per heavy atom. The predicted octanol–water partition coefficient (Wildman–Crippen LogP) is 5.38. The van der Waals surface area contributed by atoms with Gasteiger partial charge < -0.3 is 23.6 Å². The summed E-state index contributed by atoms with van der Waals surface area (Å²) in [7, 11) is -1.28. The summed E-state index contributed by atoms with van der Waals surface area (Å²) in [5.74, 6) is 2.42. The van der Waals surface area contributed by atoms with Crippen molar-refractivity contribution in [2.24, 2.45) is 0 Å². The molecule has 0 fully saturated rings. The molecule has 11 heteroatoms. The van der Waals surface area contributed by atoms with E-state index in [-0.39, 0.29) is 11.1 Å². The number of methoxy groups -OCH3 is 1. The molecule has 0 aliphatic carbocycles. The number of benzene rings is 1. The quantitative estimate of drug-likeness (QED) is 0.285. The molecule has 4 aromatic rings. The number of hydrogen-bond acceptors (Lipinski definition) is 9. The second kappa shape index (κ2) is 9.85. The van der Waals surface area contributed by atoms with Crippen LogP contribution in [0, 0.1) is 6.92 Å². The number of rotatable bonds is 9. The number of aromatic amines is 1. The second-order valence-electron chi connectivity index (χ2n) is 7.76. The van der Waals surface area contributed by atoms with Gasteiger partial charge in [0.25, 0.3) is 5.89 Å². The molecule has 4 rings (SSSR count). The zero-order valence-corrected chi connectivity index (χ0v) is 20.0. The fraction of sp³-hybridized carbons (Fsp3) is 0.261. The molecule has 0 aliphatic heterocycles. The molecule has 180 valence electrons. The third-order valence-corrected chi connectivity index (χ3v) is 5.75. The van der Waals surface area contributed by atoms with Crippen LogP contribution in [-0.2, 0) is 4.74 Å². The third-order valence-electron chi connectivity index (χ3n) is 4.71. The summed E-state index contributed by atoms with van der Waals surface area (Å²) < 4.78 is 42.2. The number of H-pyrrole nitrogens is 1. The molecule has 0 amide bonds. The van der Waals surface area contributed by atoms with Gasteiger partial charge in [0.2, 0.25) is 5.89 Å². The van der Waals surface area contributed by atoms with Crippen molar-refractivity contribution in [3.8, 4) is 40.1 Å². The van der Waals surface area contributed by atoms with E-state index in [9.17, 15) is 9.11 Å². The first-order valence-electron chi connectivity index (χ1n) is 10.4. The number of nitrogens with one attached hydrogen (secondary N) is 1. The summed E-state index contributed by atoms with van der Waals surface area (Å²) in [6, 6.07) is 12.4. The highest BCUT2D eigenvalue weighted by Crippen LogP contribution is 2.43. The van der Waals surface area contributed by atoms with Crippen molar-refractivity contribution >= 4 is 10.6 Å². The largest absolute Gasteiger partial charge is 0.488 e. The van der Waals surface area contributed by atoms with E-state index in [1.807, 2.05) is 31.2 Å². The molecule has 0 aliphatic rings. The lowest BCUT2D eigenvalue weighted by molar-refractivity contribution is 0.0920. The fourth-order valence-electron chi connectivity index (χ4n) is 3.24. The molecule has 3 aromatic heterocycles. The van der Waals surface area contributed by atoms with Crippen LogP contribution in [-0.4, -0.2) is 55.3 Å². The first kappa shape index (κ1) is 23.8. The van der Waals surface area contributed by atoms with Gasteiger partial charge in [0.15, 0.2) is 0 Å². The summed E-state index contributed by atoms with van der Waals surface area (Å²) in [6.07, 6.45) is 2.59. The minimum atomic E-state index is -2.90. The van der Waals surface area contributed by atoms with E-state index < -0.39 is 10.6 Å². The number of aryl methyl sites for hydroxylation is 1. The van der Waals surface area contributed by atoms with Crippen molar-refractivity contribution in [2.45, 2.75) is 25.0 Å². The van der Waals surface area contributed by atoms with Crippen LogP contribution in [0.1, 0.15) is 12.8 Å². The molecular weight excluding hydrogens is 460 g/mol. The molecule has 10 nitrogen and oxygen atoms in total. The summed E-state index contributed by atoms with van der Waals surface area (Å²) in [5.41, 5.74) is 2.30. The summed E-state index contributed by atoms with van der Waals surface area (Å²) in [5, 5.41) is 8.11. The average molecular weight is 487 g/mol. The van der Waals surface area contributed by atoms with Gasteiger partial charge in [0.05, 0.1) is 12.8 Å². The lowest BCUT2D eigenvalue weighted by atomic mass is 10.1. The molecule has 0 spiro atoms. The Kier molecular flexibility index (Phi) is 6.89. The monoisotopic (exact) mass is 486 g/mol. The van der Waals surface area contributed by atoms with Crippen LogP contribution in [0.5, 0.6) is 17.2 Å². The third kappa shape index (κ3) is 5.75. The molecule has 1 atom stereocenters. The number of aromatic nitrogens is 4. The van der Waals surface area contributed by atoms with Crippen molar-refractivity contribution in [3.63, 3.8) is 0 Å². The van der Waals surface area contributed by atoms with Gasteiger partial charge in [-0.15, -0.1) is 10.2 Å². The van der Waals surface area contributed by atoms with Gasteiger partial charge in [-0.25, -0.2) is 4.98 Å². The topological polar surface area (TPSA) is 136 Å². The molecule has 0 saturated carbocycles. The van der Waals surface area contributed by atoms with Crippen molar-refractivity contribution in [1.82, 2.24) is 20.2 Å². The number of ether oxygens (including phenoxy) is 3. The van der Waals surface area contributed by atoms with Gasteiger partial charge in [-0.2, -0.15) is 10.6 Å². The number of hydrogen-bond donors (Lipinski definition) is 3. The minimum Gasteiger partial charge on any atom is -0.488 e. The maximum Gasteiger partial charge on any atom is 0.264 e. The van der Waals surface area contributed by atoms with Gasteiger partial charge in [-0.1, -0.05) is 0 Å². The Bertz CT molecular complexity index is 1250. The molecule has 0 saturated heterocycles. The lowest BCUT2D eigenvalue weighted by Crippen LogP contribution is -2.17. The standard InChI is InChI=1S/C23H26N4O6S/c1-14(13-30-3)31-18-9-16(20-6-7-21(25-20)23-27-26-15(2)32-23)10-19(11-18)33-17-5-8-22(24-12-17)34(4,28)29/h5-12,14,25,28-29H,13H2,1-4H3/t14-/m0/s1. The molecule has 0 bridgehead atoms. The molecule has 0 unspecified atom stereocenters. The summed E-state index contributed by atoms with van der Waals surface area (Å²) in [4.78, 5) is 7.38. The van der Waals surface area contributed by atoms with Crippen LogP contribution in [0.2, 0.25) is 0 Å². The highest BCUT2D eigenvalue weighted by atomic mass is 32.3. The van der Waals surface area contributed by atoms with E-state index >= 15 is 0 Å². The Labute approximate surface area is 198 Å². The van der Waals surface area contributed by atoms with E-state index in [2.05, 4.69) is 20.2 Å². The molecule has 3 N–H and O–H groups in total. The van der Waals surface area contributed by atoms with E-state index in [0.717, 1.165) is 11.3 Å². The average Bonchev–Trinajstić information content (AvgIpc) is 3.43. The maximum absolute atomic E-state index is 9.77. The highest BCUT2D eigenvalue weighted by molar-refractivity contribution is 8.23. The first-order valence-corrected chi connectivity index (χ1v) is 12.3. The van der Waals surface area contributed by atoms with Gasteiger partial charge in [-0.3, -0.25) is 9.11 Å². The van der Waals surface area contributed by atoms with Crippen LogP contribution in [0.15, 0.2) is 58.1 Å². The zero-order chi connectivity index (χ0) is 24.3. The van der Waals surface area contributed by atoms with Crippen molar-refractivity contribution in [2.75, 3.05) is 20.0 Å². The Hall–Kier alpha value is -3.38. The Balaban J connectivity index is 1.65. The zero-order valence-electron chi connectivity index (χ0n) is 19.2. The summed E-state index contributed by atoms with van der Waals surface area (Å²) in [6.45, 7) is 4.07. The van der Waals surface area contributed by atoms with E-state index in [0.29, 0.717) is 41.3 Å². The van der Waals surface area contributed by atoms with Crippen molar-refractivity contribution in [1.29, 1.82) is 0 Å². The van der Waals surface area contributed by atoms with E-state index in [4.69, 9.17) is 18.6 Å². The summed E-state index contributed by atoms with van der Waals surface area (Å²) >= 11 is 0. The van der Waals surface area contributed by atoms with Crippen LogP contribution in [0.25, 0.3) is 22.8 Å². The number of pyridine rings is 1. The molecule has 1 aromatic carbocycles. The Morgan fingerprint density at radius 2 is 1.79 bits per heavy atom. The van der Waals surface area contributed by atoms with E-state index in [1.54, 1.807) is 26.2 Å². The normalized spacial score (nSPS) is 13.0. The highest BCUT2D eigenvalue weighted by Gasteiger charge is 2.14. The predicted molar refractivity (Wildman–Crippen MR) is 128 cm³/mol. The number of nitrogens with zero attached hydrogens (tertiary/aromatic N) is 3. The molecule has 34 heavy (non-hydrogen) atoms. The van der Waals surface area contributed by atoms with Crippen LogP contribution < -0.4 is 9.47 Å². The van der Waals surface area contributed by atoms with Gasteiger partial charge in [-0.05, 0) is 43.3 Å². The van der Waals surface area contributed by atoms with Gasteiger partial charge in [0, 0.05) is 37.6 Å². The smallest absolute Gasteiger partial charge is 0.264 e. The lowest BCUT2D eigenvalue weighted by Gasteiger charge is -2.25. The minimum absolute atomic E-state index is 0.176. The fourth-order valence-corrected chi connectivity index (χ4v) is 3.82. The maximum atomic E-state index is 9.77. The second-order valence-corrected chi connectivity index (χ2v) is 9.84. The SMILES string of the molecule is COC[C@H](C)Oc1cc(Oc2ccc(S(C)(O)O)nc2)cc(-c2ccc(-c3nnc(C)o3)[nH]2)c1. The van der Waals surface area contributed by atoms with Crippen LogP contribution in [0.3, 0.4) is 0 Å².